The molecule has 2 saturated carbocycles. The Morgan fingerprint density at radius 2 is 2.00 bits per heavy atom. The lowest BCUT2D eigenvalue weighted by atomic mass is 10.0. The molecule has 2 nitrogen and oxygen atoms in total. The summed E-state index contributed by atoms with van der Waals surface area (Å²) in [6, 6.07) is 1.70. The molecular weight excluding hydrogens is 184 g/mol. The third kappa shape index (κ3) is 2.36. The quantitative estimate of drug-likeness (QED) is 0.743. The van der Waals surface area contributed by atoms with Crippen molar-refractivity contribution in [3.8, 4) is 0 Å². The molecule has 1 unspecified atom stereocenters. The SMILES string of the molecule is CCC1(CN2CCC(NC3CC3)C2)CC1. The van der Waals surface area contributed by atoms with Crippen LogP contribution in [-0.4, -0.2) is 36.6 Å². The molecule has 3 aliphatic rings. The number of nitrogens with one attached hydrogen (secondary N) is 1. The third-order valence-electron chi connectivity index (χ3n) is 4.59. The van der Waals surface area contributed by atoms with E-state index in [1.807, 2.05) is 0 Å². The molecule has 2 heteroatoms. The van der Waals surface area contributed by atoms with Crippen LogP contribution in [0.2, 0.25) is 0 Å². The summed E-state index contributed by atoms with van der Waals surface area (Å²) < 4.78 is 0. The third-order valence-corrected chi connectivity index (χ3v) is 4.59. The number of hydrogen-bond acceptors (Lipinski definition) is 2. The normalized spacial score (nSPS) is 34.6. The van der Waals surface area contributed by atoms with Crippen LogP contribution in [0.15, 0.2) is 0 Å². The number of likely N-dealkylation sites (tertiary alicyclic amines) is 1. The van der Waals surface area contributed by atoms with Crippen molar-refractivity contribution in [3.63, 3.8) is 0 Å². The molecule has 0 amide bonds. The lowest BCUT2D eigenvalue weighted by molar-refractivity contribution is 0.253. The van der Waals surface area contributed by atoms with Crippen molar-refractivity contribution in [1.82, 2.24) is 10.2 Å². The van der Waals surface area contributed by atoms with Gasteiger partial charge in [0.1, 0.15) is 0 Å². The van der Waals surface area contributed by atoms with E-state index in [0.29, 0.717) is 0 Å². The fraction of sp³-hybridized carbons (Fsp3) is 1.00. The highest BCUT2D eigenvalue weighted by molar-refractivity contribution is 4.97. The maximum absolute atomic E-state index is 3.77. The highest BCUT2D eigenvalue weighted by atomic mass is 15.2. The van der Waals surface area contributed by atoms with Crippen LogP contribution < -0.4 is 5.32 Å². The van der Waals surface area contributed by atoms with Gasteiger partial charge in [-0.1, -0.05) is 6.92 Å². The Labute approximate surface area is 93.4 Å². The van der Waals surface area contributed by atoms with Gasteiger partial charge in [-0.15, -0.1) is 0 Å². The van der Waals surface area contributed by atoms with E-state index < -0.39 is 0 Å². The zero-order chi connectivity index (χ0) is 10.3. The molecule has 0 aromatic carbocycles. The average molecular weight is 208 g/mol. The van der Waals surface area contributed by atoms with E-state index in [1.54, 1.807) is 0 Å². The van der Waals surface area contributed by atoms with Crippen molar-refractivity contribution in [2.75, 3.05) is 19.6 Å². The van der Waals surface area contributed by atoms with Crippen LogP contribution in [0.4, 0.5) is 0 Å². The van der Waals surface area contributed by atoms with Crippen LogP contribution in [0.5, 0.6) is 0 Å². The smallest absolute Gasteiger partial charge is 0.0209 e. The summed E-state index contributed by atoms with van der Waals surface area (Å²) >= 11 is 0. The number of rotatable bonds is 5. The fourth-order valence-electron chi connectivity index (χ4n) is 2.97. The topological polar surface area (TPSA) is 15.3 Å². The zero-order valence-corrected chi connectivity index (χ0v) is 9.97. The Morgan fingerprint density at radius 3 is 2.60 bits per heavy atom. The van der Waals surface area contributed by atoms with E-state index in [1.165, 1.54) is 58.2 Å². The first-order valence-electron chi connectivity index (χ1n) is 6.78. The van der Waals surface area contributed by atoms with Gasteiger partial charge < -0.3 is 10.2 Å². The molecule has 15 heavy (non-hydrogen) atoms. The zero-order valence-electron chi connectivity index (χ0n) is 9.97. The first-order valence-corrected chi connectivity index (χ1v) is 6.78. The first-order chi connectivity index (χ1) is 7.30. The molecule has 3 rings (SSSR count). The van der Waals surface area contributed by atoms with Gasteiger partial charge in [0.05, 0.1) is 0 Å². The molecule has 1 saturated heterocycles. The van der Waals surface area contributed by atoms with Crippen LogP contribution in [-0.2, 0) is 0 Å². The molecule has 0 bridgehead atoms. The molecular formula is C13H24N2. The molecule has 0 radical (unpaired) electrons. The van der Waals surface area contributed by atoms with E-state index in [9.17, 15) is 0 Å². The van der Waals surface area contributed by atoms with Crippen molar-refractivity contribution in [3.05, 3.63) is 0 Å². The standard InChI is InChI=1S/C13H24N2/c1-2-13(6-7-13)10-15-8-5-12(9-15)14-11-3-4-11/h11-12,14H,2-10H2,1H3. The van der Waals surface area contributed by atoms with Crippen molar-refractivity contribution >= 4 is 0 Å². The fourth-order valence-corrected chi connectivity index (χ4v) is 2.97. The minimum atomic E-state index is 0.745. The Morgan fingerprint density at radius 1 is 1.20 bits per heavy atom. The monoisotopic (exact) mass is 208 g/mol. The van der Waals surface area contributed by atoms with E-state index in [0.717, 1.165) is 17.5 Å². The average Bonchev–Trinajstić information content (AvgIpc) is 3.11. The van der Waals surface area contributed by atoms with Gasteiger partial charge in [0.25, 0.3) is 0 Å². The number of nitrogens with zero attached hydrogens (tertiary/aromatic N) is 1. The van der Waals surface area contributed by atoms with Gasteiger partial charge in [0, 0.05) is 25.2 Å². The molecule has 1 atom stereocenters. The highest BCUT2D eigenvalue weighted by Crippen LogP contribution is 2.49. The summed E-state index contributed by atoms with van der Waals surface area (Å²) in [5.74, 6) is 0. The van der Waals surface area contributed by atoms with Crippen molar-refractivity contribution in [2.45, 2.75) is 57.5 Å². The second-order valence-electron chi connectivity index (χ2n) is 6.02. The minimum Gasteiger partial charge on any atom is -0.310 e. The van der Waals surface area contributed by atoms with Crippen molar-refractivity contribution < 1.29 is 0 Å². The van der Waals surface area contributed by atoms with Gasteiger partial charge in [-0.25, -0.2) is 0 Å². The molecule has 1 aliphatic heterocycles. The molecule has 1 heterocycles. The van der Waals surface area contributed by atoms with Gasteiger partial charge in [-0.2, -0.15) is 0 Å². The van der Waals surface area contributed by atoms with E-state index in [2.05, 4.69) is 17.1 Å². The number of hydrogen-bond donors (Lipinski definition) is 1. The molecule has 0 aromatic rings. The Kier molecular flexibility index (Phi) is 2.52. The van der Waals surface area contributed by atoms with Crippen molar-refractivity contribution in [1.29, 1.82) is 0 Å². The second kappa shape index (κ2) is 3.74. The van der Waals surface area contributed by atoms with Crippen LogP contribution >= 0.6 is 0 Å². The maximum Gasteiger partial charge on any atom is 0.0209 e. The highest BCUT2D eigenvalue weighted by Gasteiger charge is 2.43. The summed E-state index contributed by atoms with van der Waals surface area (Å²) in [6.07, 6.45) is 8.60. The van der Waals surface area contributed by atoms with E-state index in [4.69, 9.17) is 0 Å². The second-order valence-corrected chi connectivity index (χ2v) is 6.02. The largest absolute Gasteiger partial charge is 0.310 e. The predicted molar refractivity (Wildman–Crippen MR) is 63.0 cm³/mol. The lowest BCUT2D eigenvalue weighted by Crippen LogP contribution is -2.35. The molecule has 0 aromatic heterocycles. The van der Waals surface area contributed by atoms with Crippen LogP contribution in [0.25, 0.3) is 0 Å². The molecule has 3 fully saturated rings. The summed E-state index contributed by atoms with van der Waals surface area (Å²) in [7, 11) is 0. The van der Waals surface area contributed by atoms with Gasteiger partial charge in [-0.05, 0) is 50.5 Å². The molecule has 86 valence electrons. The van der Waals surface area contributed by atoms with Gasteiger partial charge in [-0.3, -0.25) is 0 Å². The summed E-state index contributed by atoms with van der Waals surface area (Å²) in [5, 5.41) is 3.77. The van der Waals surface area contributed by atoms with Crippen LogP contribution in [0.3, 0.4) is 0 Å². The molecule has 1 N–H and O–H groups in total. The Hall–Kier alpha value is -0.0800. The lowest BCUT2D eigenvalue weighted by Gasteiger charge is -2.22. The first kappa shape index (κ1) is 10.1. The van der Waals surface area contributed by atoms with Crippen LogP contribution in [0, 0.1) is 5.41 Å². The van der Waals surface area contributed by atoms with Crippen molar-refractivity contribution in [2.24, 2.45) is 5.41 Å². The van der Waals surface area contributed by atoms with Crippen LogP contribution in [0.1, 0.15) is 45.4 Å². The predicted octanol–water partition coefficient (Wildman–Crippen LogP) is 2.00. The van der Waals surface area contributed by atoms with Gasteiger partial charge >= 0.3 is 0 Å². The molecule has 2 aliphatic carbocycles. The van der Waals surface area contributed by atoms with E-state index in [-0.39, 0.29) is 0 Å². The Balaban J connectivity index is 1.44. The summed E-state index contributed by atoms with van der Waals surface area (Å²) in [6.45, 7) is 6.40. The minimum absolute atomic E-state index is 0.745. The Bertz CT molecular complexity index is 231. The van der Waals surface area contributed by atoms with Gasteiger partial charge in [0.2, 0.25) is 0 Å². The van der Waals surface area contributed by atoms with Gasteiger partial charge in [0.15, 0.2) is 0 Å². The summed E-state index contributed by atoms with van der Waals surface area (Å²) in [5.41, 5.74) is 0.745. The summed E-state index contributed by atoms with van der Waals surface area (Å²) in [4.78, 5) is 2.70. The molecule has 0 spiro atoms. The maximum atomic E-state index is 3.77. The van der Waals surface area contributed by atoms with E-state index >= 15 is 0 Å².